The van der Waals surface area contributed by atoms with Crippen molar-refractivity contribution in [3.8, 4) is 0 Å². The molecule has 3 rings (SSSR count). The van der Waals surface area contributed by atoms with Gasteiger partial charge in [-0.1, -0.05) is 0 Å². The molecule has 0 radical (unpaired) electrons. The Balaban J connectivity index is 1.55. The van der Waals surface area contributed by atoms with Gasteiger partial charge in [-0.15, -0.1) is 0 Å². The molecule has 0 aromatic heterocycles. The summed E-state index contributed by atoms with van der Waals surface area (Å²) in [5.74, 6) is 1.67. The molecule has 4 heteroatoms. The Kier molecular flexibility index (Phi) is 1.90. The predicted molar refractivity (Wildman–Crippen MR) is 50.9 cm³/mol. The summed E-state index contributed by atoms with van der Waals surface area (Å²) in [5.41, 5.74) is 0. The molecule has 1 amide bonds. The molecule has 78 valence electrons. The topological polar surface area (TPSA) is 41.6 Å². The molecule has 3 aliphatic rings. The maximum absolute atomic E-state index is 10.8. The number of carbonyl (C=O) groups excluding carboxylic acids is 1. The molecular formula is C10H16N2O2. The van der Waals surface area contributed by atoms with E-state index in [4.69, 9.17) is 4.74 Å². The first kappa shape index (κ1) is 8.53. The average molecular weight is 196 g/mol. The maximum atomic E-state index is 10.8. The summed E-state index contributed by atoms with van der Waals surface area (Å²) in [4.78, 5) is 13.4. The van der Waals surface area contributed by atoms with E-state index in [1.54, 1.807) is 0 Å². The van der Waals surface area contributed by atoms with E-state index in [0.717, 1.165) is 18.3 Å². The number of nitrogens with zero attached hydrogens (tertiary/aromatic N) is 1. The van der Waals surface area contributed by atoms with Crippen molar-refractivity contribution in [1.82, 2.24) is 10.2 Å². The first-order valence-electron chi connectivity index (χ1n) is 5.47. The van der Waals surface area contributed by atoms with E-state index in [9.17, 15) is 4.79 Å². The van der Waals surface area contributed by atoms with Crippen LogP contribution in [0, 0.1) is 11.8 Å². The zero-order chi connectivity index (χ0) is 9.54. The Hall–Kier alpha value is -0.770. The quantitative estimate of drug-likeness (QED) is 0.696. The fourth-order valence-corrected chi connectivity index (χ4v) is 3.08. The SMILES string of the molecule is O=C1NC(CC2CN3CCC2C3)CO1. The molecule has 3 heterocycles. The molecule has 4 atom stereocenters. The van der Waals surface area contributed by atoms with Crippen LogP contribution in [0.5, 0.6) is 0 Å². The van der Waals surface area contributed by atoms with E-state index in [2.05, 4.69) is 10.2 Å². The zero-order valence-electron chi connectivity index (χ0n) is 8.24. The maximum Gasteiger partial charge on any atom is 0.407 e. The molecule has 4 nitrogen and oxygen atoms in total. The molecule has 0 aliphatic carbocycles. The summed E-state index contributed by atoms with van der Waals surface area (Å²) < 4.78 is 4.89. The van der Waals surface area contributed by atoms with Gasteiger partial charge in [0, 0.05) is 13.1 Å². The van der Waals surface area contributed by atoms with Gasteiger partial charge in [0.15, 0.2) is 0 Å². The summed E-state index contributed by atoms with van der Waals surface area (Å²) in [6, 6.07) is 0.271. The van der Waals surface area contributed by atoms with Crippen LogP contribution in [0.2, 0.25) is 0 Å². The molecule has 0 aromatic rings. The number of carbonyl (C=O) groups is 1. The molecule has 3 saturated heterocycles. The Labute approximate surface area is 83.6 Å². The molecule has 0 aromatic carbocycles. The van der Waals surface area contributed by atoms with Crippen LogP contribution in [0.15, 0.2) is 0 Å². The smallest absolute Gasteiger partial charge is 0.407 e. The lowest BCUT2D eigenvalue weighted by Gasteiger charge is -2.23. The summed E-state index contributed by atoms with van der Waals surface area (Å²) >= 11 is 0. The minimum absolute atomic E-state index is 0.238. The lowest BCUT2D eigenvalue weighted by Crippen LogP contribution is -2.32. The van der Waals surface area contributed by atoms with Gasteiger partial charge in [-0.2, -0.15) is 0 Å². The molecule has 14 heavy (non-hydrogen) atoms. The molecule has 3 aliphatic heterocycles. The van der Waals surface area contributed by atoms with Gasteiger partial charge in [-0.25, -0.2) is 4.79 Å². The van der Waals surface area contributed by atoms with Crippen LogP contribution in [-0.4, -0.2) is 43.3 Å². The van der Waals surface area contributed by atoms with Crippen molar-refractivity contribution in [1.29, 1.82) is 0 Å². The van der Waals surface area contributed by atoms with Gasteiger partial charge in [0.25, 0.3) is 0 Å². The van der Waals surface area contributed by atoms with Crippen molar-refractivity contribution >= 4 is 6.09 Å². The second kappa shape index (κ2) is 3.12. The minimum Gasteiger partial charge on any atom is -0.447 e. The van der Waals surface area contributed by atoms with E-state index in [1.807, 2.05) is 0 Å². The summed E-state index contributed by atoms with van der Waals surface area (Å²) in [5, 5.41) is 2.86. The van der Waals surface area contributed by atoms with Crippen LogP contribution in [0.1, 0.15) is 12.8 Å². The Morgan fingerprint density at radius 3 is 3.00 bits per heavy atom. The number of ether oxygens (including phenoxy) is 1. The van der Waals surface area contributed by atoms with Crippen LogP contribution >= 0.6 is 0 Å². The molecular weight excluding hydrogens is 180 g/mol. The van der Waals surface area contributed by atoms with Crippen LogP contribution in [0.25, 0.3) is 0 Å². The summed E-state index contributed by atoms with van der Waals surface area (Å²) in [6.45, 7) is 4.37. The first-order chi connectivity index (χ1) is 6.81. The van der Waals surface area contributed by atoms with Crippen molar-refractivity contribution in [2.45, 2.75) is 18.9 Å². The van der Waals surface area contributed by atoms with E-state index < -0.39 is 0 Å². The average Bonchev–Trinajstić information content (AvgIpc) is 2.82. The number of cyclic esters (lactones) is 1. The van der Waals surface area contributed by atoms with Gasteiger partial charge >= 0.3 is 6.09 Å². The van der Waals surface area contributed by atoms with E-state index in [0.29, 0.717) is 6.61 Å². The van der Waals surface area contributed by atoms with Gasteiger partial charge in [0.2, 0.25) is 0 Å². The Morgan fingerprint density at radius 1 is 1.50 bits per heavy atom. The third-order valence-corrected chi connectivity index (χ3v) is 3.79. The highest BCUT2D eigenvalue weighted by atomic mass is 16.6. The fraction of sp³-hybridized carbons (Fsp3) is 0.900. The van der Waals surface area contributed by atoms with E-state index in [-0.39, 0.29) is 12.1 Å². The number of rotatable bonds is 2. The third-order valence-electron chi connectivity index (χ3n) is 3.79. The largest absolute Gasteiger partial charge is 0.447 e. The Morgan fingerprint density at radius 2 is 2.43 bits per heavy atom. The Bertz CT molecular complexity index is 257. The molecule has 2 bridgehead atoms. The van der Waals surface area contributed by atoms with Crippen molar-refractivity contribution < 1.29 is 9.53 Å². The lowest BCUT2D eigenvalue weighted by atomic mass is 9.87. The third kappa shape index (κ3) is 1.38. The van der Waals surface area contributed by atoms with Crippen molar-refractivity contribution in [2.24, 2.45) is 11.8 Å². The van der Waals surface area contributed by atoms with Gasteiger partial charge < -0.3 is 15.0 Å². The van der Waals surface area contributed by atoms with Crippen LogP contribution in [0.3, 0.4) is 0 Å². The van der Waals surface area contributed by atoms with Gasteiger partial charge in [0.05, 0.1) is 6.04 Å². The van der Waals surface area contributed by atoms with E-state index >= 15 is 0 Å². The van der Waals surface area contributed by atoms with Gasteiger partial charge in [-0.05, 0) is 31.2 Å². The van der Waals surface area contributed by atoms with Crippen LogP contribution in [-0.2, 0) is 4.74 Å². The van der Waals surface area contributed by atoms with Crippen LogP contribution in [0.4, 0.5) is 4.79 Å². The number of fused-ring (bicyclic) bond motifs is 2. The summed E-state index contributed by atoms with van der Waals surface area (Å²) in [6.07, 6.45) is 2.22. The van der Waals surface area contributed by atoms with Crippen molar-refractivity contribution in [3.05, 3.63) is 0 Å². The molecule has 4 unspecified atom stereocenters. The zero-order valence-corrected chi connectivity index (χ0v) is 8.24. The molecule has 1 N–H and O–H groups in total. The second-order valence-electron chi connectivity index (χ2n) is 4.74. The number of hydrogen-bond donors (Lipinski definition) is 1. The van der Waals surface area contributed by atoms with E-state index in [1.165, 1.54) is 26.1 Å². The van der Waals surface area contributed by atoms with Gasteiger partial charge in [-0.3, -0.25) is 0 Å². The molecule has 3 fully saturated rings. The number of alkyl carbamates (subject to hydrolysis) is 1. The standard InChI is InChI=1S/C10H16N2O2/c13-10-11-9(6-14-10)3-8-5-12-2-1-7(8)4-12/h7-9H,1-6H2,(H,11,13). The summed E-state index contributed by atoms with van der Waals surface area (Å²) in [7, 11) is 0. The lowest BCUT2D eigenvalue weighted by molar-refractivity contribution is 0.175. The number of amides is 1. The number of piperidine rings is 1. The highest BCUT2D eigenvalue weighted by Crippen LogP contribution is 2.35. The highest BCUT2D eigenvalue weighted by molar-refractivity contribution is 5.69. The number of hydrogen-bond acceptors (Lipinski definition) is 3. The first-order valence-corrected chi connectivity index (χ1v) is 5.47. The van der Waals surface area contributed by atoms with Crippen LogP contribution < -0.4 is 5.32 Å². The van der Waals surface area contributed by atoms with Crippen molar-refractivity contribution in [2.75, 3.05) is 26.2 Å². The molecule has 0 saturated carbocycles. The fourth-order valence-electron chi connectivity index (χ4n) is 3.08. The highest BCUT2D eigenvalue weighted by Gasteiger charge is 2.39. The second-order valence-corrected chi connectivity index (χ2v) is 4.74. The normalized spacial score (nSPS) is 45.3. The van der Waals surface area contributed by atoms with Gasteiger partial charge in [0.1, 0.15) is 6.61 Å². The van der Waals surface area contributed by atoms with Crippen molar-refractivity contribution in [3.63, 3.8) is 0 Å². The predicted octanol–water partition coefficient (Wildman–Crippen LogP) is 0.437. The monoisotopic (exact) mass is 196 g/mol. The molecule has 0 spiro atoms. The number of nitrogens with one attached hydrogen (secondary N) is 1. The minimum atomic E-state index is -0.238.